The maximum absolute atomic E-state index is 11.0. The third-order valence-corrected chi connectivity index (χ3v) is 3.58. The molecule has 0 saturated carbocycles. The van der Waals surface area contributed by atoms with Crippen molar-refractivity contribution in [2.24, 2.45) is 5.92 Å². The van der Waals surface area contributed by atoms with Crippen LogP contribution in [0.3, 0.4) is 0 Å². The van der Waals surface area contributed by atoms with E-state index in [9.17, 15) is 4.79 Å². The Balaban J connectivity index is 2.53. The van der Waals surface area contributed by atoms with Gasteiger partial charge in [-0.3, -0.25) is 4.79 Å². The highest BCUT2D eigenvalue weighted by molar-refractivity contribution is 5.85. The zero-order valence-electron chi connectivity index (χ0n) is 12.0. The van der Waals surface area contributed by atoms with Crippen LogP contribution < -0.4 is 0 Å². The van der Waals surface area contributed by atoms with Gasteiger partial charge in [0.25, 0.3) is 0 Å². The van der Waals surface area contributed by atoms with Crippen LogP contribution in [0.25, 0.3) is 10.9 Å². The van der Waals surface area contributed by atoms with Crippen molar-refractivity contribution in [1.29, 1.82) is 0 Å². The van der Waals surface area contributed by atoms with E-state index in [0.29, 0.717) is 12.5 Å². The number of hydrogen-bond donors (Lipinski definition) is 1. The van der Waals surface area contributed by atoms with Crippen molar-refractivity contribution in [3.8, 4) is 0 Å². The van der Waals surface area contributed by atoms with E-state index < -0.39 is 5.97 Å². The summed E-state index contributed by atoms with van der Waals surface area (Å²) in [6, 6.07) is 6.73. The Morgan fingerprint density at radius 2 is 2.00 bits per heavy atom. The van der Waals surface area contributed by atoms with Crippen LogP contribution in [0.15, 0.2) is 24.4 Å². The van der Waals surface area contributed by atoms with Crippen molar-refractivity contribution in [3.63, 3.8) is 0 Å². The Morgan fingerprint density at radius 3 is 2.58 bits per heavy atom. The van der Waals surface area contributed by atoms with Gasteiger partial charge in [-0.15, -0.1) is 0 Å². The molecule has 0 radical (unpaired) electrons. The Kier molecular flexibility index (Phi) is 3.65. The van der Waals surface area contributed by atoms with Gasteiger partial charge in [0, 0.05) is 23.1 Å². The number of aryl methyl sites for hydroxylation is 1. The molecule has 1 unspecified atom stereocenters. The Hall–Kier alpha value is -1.77. The van der Waals surface area contributed by atoms with Crippen LogP contribution in [-0.2, 0) is 11.2 Å². The van der Waals surface area contributed by atoms with Crippen molar-refractivity contribution in [2.75, 3.05) is 0 Å². The van der Waals surface area contributed by atoms with E-state index in [1.54, 1.807) is 6.92 Å². The normalized spacial score (nSPS) is 13.1. The highest BCUT2D eigenvalue weighted by Gasteiger charge is 2.16. The summed E-state index contributed by atoms with van der Waals surface area (Å²) in [5.74, 6) is -1.09. The fourth-order valence-corrected chi connectivity index (χ4v) is 2.44. The number of carboxylic acids is 1. The summed E-state index contributed by atoms with van der Waals surface area (Å²) in [6.07, 6.45) is 2.68. The van der Waals surface area contributed by atoms with Crippen LogP contribution >= 0.6 is 0 Å². The van der Waals surface area contributed by atoms with Gasteiger partial charge in [-0.1, -0.05) is 19.1 Å². The van der Waals surface area contributed by atoms with Crippen molar-refractivity contribution in [2.45, 2.75) is 40.2 Å². The molecule has 0 aliphatic carbocycles. The minimum Gasteiger partial charge on any atom is -0.481 e. The maximum atomic E-state index is 11.0. The fraction of sp³-hybridized carbons (Fsp3) is 0.438. The average molecular weight is 259 g/mol. The monoisotopic (exact) mass is 259 g/mol. The first-order valence-corrected chi connectivity index (χ1v) is 6.73. The van der Waals surface area contributed by atoms with E-state index in [1.165, 1.54) is 16.5 Å². The van der Waals surface area contributed by atoms with Crippen molar-refractivity contribution < 1.29 is 9.90 Å². The third kappa shape index (κ3) is 2.65. The maximum Gasteiger partial charge on any atom is 0.306 e. The lowest BCUT2D eigenvalue weighted by Crippen LogP contribution is -2.12. The van der Waals surface area contributed by atoms with Gasteiger partial charge in [-0.25, -0.2) is 0 Å². The molecule has 0 fully saturated rings. The van der Waals surface area contributed by atoms with Crippen LogP contribution in [0.4, 0.5) is 0 Å². The second-order valence-electron chi connectivity index (χ2n) is 5.62. The number of nitrogens with zero attached hydrogens (tertiary/aromatic N) is 1. The standard InChI is InChI=1S/C16H21NO2/c1-10(2)17-9-13(8-12(4)16(18)19)14-6-5-11(3)7-15(14)17/h5-7,9-10,12H,8H2,1-4H3,(H,18,19). The molecule has 0 aliphatic rings. The molecule has 1 atom stereocenters. The fourth-order valence-electron chi connectivity index (χ4n) is 2.44. The minimum absolute atomic E-state index is 0.354. The summed E-state index contributed by atoms with van der Waals surface area (Å²) >= 11 is 0. The van der Waals surface area contributed by atoms with Crippen molar-refractivity contribution >= 4 is 16.9 Å². The lowest BCUT2D eigenvalue weighted by atomic mass is 10.0. The highest BCUT2D eigenvalue weighted by Crippen LogP contribution is 2.27. The molecular weight excluding hydrogens is 238 g/mol. The molecule has 1 heterocycles. The molecule has 102 valence electrons. The van der Waals surface area contributed by atoms with Gasteiger partial charge in [0.2, 0.25) is 0 Å². The largest absolute Gasteiger partial charge is 0.481 e. The van der Waals surface area contributed by atoms with Gasteiger partial charge in [-0.2, -0.15) is 0 Å². The topological polar surface area (TPSA) is 42.2 Å². The molecule has 3 heteroatoms. The molecule has 2 aromatic rings. The lowest BCUT2D eigenvalue weighted by molar-refractivity contribution is -0.141. The quantitative estimate of drug-likeness (QED) is 0.907. The lowest BCUT2D eigenvalue weighted by Gasteiger charge is -2.09. The predicted octanol–water partition coefficient (Wildman–Crippen LogP) is 3.79. The predicted molar refractivity (Wildman–Crippen MR) is 77.6 cm³/mol. The SMILES string of the molecule is Cc1ccc2c(CC(C)C(=O)O)cn(C(C)C)c2c1. The number of fused-ring (bicyclic) bond motifs is 1. The second kappa shape index (κ2) is 5.08. The first-order valence-electron chi connectivity index (χ1n) is 6.73. The van der Waals surface area contributed by atoms with Crippen LogP contribution in [-0.4, -0.2) is 15.6 Å². The Bertz CT molecular complexity index is 610. The molecule has 0 spiro atoms. The van der Waals surface area contributed by atoms with Crippen LogP contribution in [0, 0.1) is 12.8 Å². The zero-order chi connectivity index (χ0) is 14.2. The molecular formula is C16H21NO2. The number of aromatic nitrogens is 1. The van der Waals surface area contributed by atoms with E-state index in [1.807, 2.05) is 0 Å². The molecule has 1 N–H and O–H groups in total. The molecule has 2 rings (SSSR count). The molecule has 0 amide bonds. The van der Waals surface area contributed by atoms with Crippen LogP contribution in [0.2, 0.25) is 0 Å². The van der Waals surface area contributed by atoms with Gasteiger partial charge in [0.15, 0.2) is 0 Å². The number of hydrogen-bond acceptors (Lipinski definition) is 1. The number of rotatable bonds is 4. The summed E-state index contributed by atoms with van der Waals surface area (Å²) in [6.45, 7) is 8.13. The molecule has 0 aliphatic heterocycles. The number of benzene rings is 1. The van der Waals surface area contributed by atoms with E-state index in [4.69, 9.17) is 5.11 Å². The second-order valence-corrected chi connectivity index (χ2v) is 5.62. The van der Waals surface area contributed by atoms with Crippen LogP contribution in [0.5, 0.6) is 0 Å². The number of aliphatic carboxylic acids is 1. The van der Waals surface area contributed by atoms with Gasteiger partial charge >= 0.3 is 5.97 Å². The molecule has 3 nitrogen and oxygen atoms in total. The molecule has 0 saturated heterocycles. The third-order valence-electron chi connectivity index (χ3n) is 3.58. The van der Waals surface area contributed by atoms with Crippen molar-refractivity contribution in [3.05, 3.63) is 35.5 Å². The summed E-state index contributed by atoms with van der Waals surface area (Å²) in [5, 5.41) is 10.2. The molecule has 19 heavy (non-hydrogen) atoms. The first kappa shape index (κ1) is 13.7. The minimum atomic E-state index is -0.738. The number of carboxylic acid groups (broad SMARTS) is 1. The highest BCUT2D eigenvalue weighted by atomic mass is 16.4. The van der Waals surface area contributed by atoms with E-state index in [0.717, 1.165) is 5.56 Å². The number of carbonyl (C=O) groups is 1. The summed E-state index contributed by atoms with van der Waals surface area (Å²) in [5.41, 5.74) is 3.55. The first-order chi connectivity index (χ1) is 8.90. The molecule has 1 aromatic carbocycles. The van der Waals surface area contributed by atoms with Crippen molar-refractivity contribution in [1.82, 2.24) is 4.57 Å². The summed E-state index contributed by atoms with van der Waals surface area (Å²) in [4.78, 5) is 11.0. The zero-order valence-corrected chi connectivity index (χ0v) is 12.0. The van der Waals surface area contributed by atoms with E-state index in [2.05, 4.69) is 49.7 Å². The molecule has 0 bridgehead atoms. The molecule has 1 aromatic heterocycles. The van der Waals surface area contributed by atoms with E-state index >= 15 is 0 Å². The van der Waals surface area contributed by atoms with Gasteiger partial charge in [-0.05, 0) is 44.4 Å². The smallest absolute Gasteiger partial charge is 0.306 e. The van der Waals surface area contributed by atoms with E-state index in [-0.39, 0.29) is 5.92 Å². The van der Waals surface area contributed by atoms with Gasteiger partial charge in [0.05, 0.1) is 5.92 Å². The average Bonchev–Trinajstić information content (AvgIpc) is 2.67. The van der Waals surface area contributed by atoms with Gasteiger partial charge in [0.1, 0.15) is 0 Å². The Morgan fingerprint density at radius 1 is 1.32 bits per heavy atom. The summed E-state index contributed by atoms with van der Waals surface area (Å²) in [7, 11) is 0. The Labute approximate surface area is 113 Å². The van der Waals surface area contributed by atoms with Crippen LogP contribution in [0.1, 0.15) is 37.9 Å². The summed E-state index contributed by atoms with van der Waals surface area (Å²) < 4.78 is 2.23. The van der Waals surface area contributed by atoms with Gasteiger partial charge < -0.3 is 9.67 Å².